The molecular weight excluding hydrogens is 192 g/mol. The molecule has 0 bridgehead atoms. The summed E-state index contributed by atoms with van der Waals surface area (Å²) >= 11 is 0. The zero-order valence-corrected chi connectivity index (χ0v) is 9.22. The summed E-state index contributed by atoms with van der Waals surface area (Å²) in [4.78, 5) is 16.1. The number of carbonyl (C=O) groups is 1. The molecule has 1 aliphatic rings. The van der Waals surface area contributed by atoms with Gasteiger partial charge in [-0.05, 0) is 24.3 Å². The molecule has 84 valence electrons. The van der Waals surface area contributed by atoms with E-state index in [2.05, 4.69) is 16.9 Å². The van der Waals surface area contributed by atoms with Gasteiger partial charge in [-0.1, -0.05) is 18.5 Å². The van der Waals surface area contributed by atoms with Crippen LogP contribution in [0.2, 0.25) is 0 Å². The topological polar surface area (TPSA) is 69.1 Å². The first-order valence-electron chi connectivity index (χ1n) is 5.56. The molecule has 1 unspecified atom stereocenters. The lowest BCUT2D eigenvalue weighted by molar-refractivity contribution is -0.127. The predicted molar refractivity (Wildman–Crippen MR) is 58.2 cm³/mol. The Balaban J connectivity index is 2.24. The van der Waals surface area contributed by atoms with Crippen molar-refractivity contribution in [3.63, 3.8) is 0 Å². The fourth-order valence-electron chi connectivity index (χ4n) is 2.05. The Morgan fingerprint density at radius 1 is 1.67 bits per heavy atom. The van der Waals surface area contributed by atoms with Gasteiger partial charge in [0.25, 0.3) is 0 Å². The first-order valence-corrected chi connectivity index (χ1v) is 5.56. The number of carbonyl (C=O) groups excluding carboxylic acids is 1. The third-order valence-corrected chi connectivity index (χ3v) is 2.74. The van der Waals surface area contributed by atoms with Gasteiger partial charge in [0.15, 0.2) is 0 Å². The van der Waals surface area contributed by atoms with Gasteiger partial charge >= 0.3 is 0 Å². The Kier molecular flexibility index (Phi) is 4.98. The van der Waals surface area contributed by atoms with E-state index in [1.807, 2.05) is 4.90 Å². The highest BCUT2D eigenvalue weighted by Crippen LogP contribution is 2.21. The standard InChI is InChI=1S/C10H18N4O/c1-2-4-9-7-10(15)14(8-9)6-3-5-12-13-11/h9H,2-8H2,1H3. The van der Waals surface area contributed by atoms with Crippen molar-refractivity contribution in [2.45, 2.75) is 32.6 Å². The lowest BCUT2D eigenvalue weighted by Gasteiger charge is -2.15. The second kappa shape index (κ2) is 6.30. The van der Waals surface area contributed by atoms with Crippen LogP contribution in [0.3, 0.4) is 0 Å². The molecule has 1 fully saturated rings. The van der Waals surface area contributed by atoms with E-state index in [-0.39, 0.29) is 5.91 Å². The van der Waals surface area contributed by atoms with Crippen LogP contribution in [-0.2, 0) is 4.79 Å². The van der Waals surface area contributed by atoms with Crippen LogP contribution >= 0.6 is 0 Å². The maximum absolute atomic E-state index is 11.5. The van der Waals surface area contributed by atoms with Gasteiger partial charge in [-0.2, -0.15) is 0 Å². The number of nitrogens with zero attached hydrogens (tertiary/aromatic N) is 4. The molecule has 0 aromatic carbocycles. The molecule has 0 N–H and O–H groups in total. The van der Waals surface area contributed by atoms with Crippen molar-refractivity contribution >= 4 is 5.91 Å². The van der Waals surface area contributed by atoms with Crippen LogP contribution in [-0.4, -0.2) is 30.4 Å². The van der Waals surface area contributed by atoms with Gasteiger partial charge in [0.05, 0.1) is 0 Å². The number of likely N-dealkylation sites (tertiary alicyclic amines) is 1. The number of rotatable bonds is 6. The number of hydrogen-bond donors (Lipinski definition) is 0. The van der Waals surface area contributed by atoms with Gasteiger partial charge in [-0.25, -0.2) is 0 Å². The van der Waals surface area contributed by atoms with E-state index >= 15 is 0 Å². The minimum atomic E-state index is 0.259. The lowest BCUT2D eigenvalue weighted by atomic mass is 10.0. The first-order chi connectivity index (χ1) is 7.27. The van der Waals surface area contributed by atoms with Gasteiger partial charge in [0.2, 0.25) is 5.91 Å². The number of amides is 1. The summed E-state index contributed by atoms with van der Waals surface area (Å²) in [5, 5.41) is 3.46. The van der Waals surface area contributed by atoms with Crippen molar-refractivity contribution < 1.29 is 4.79 Å². The minimum absolute atomic E-state index is 0.259. The Morgan fingerprint density at radius 2 is 2.47 bits per heavy atom. The van der Waals surface area contributed by atoms with Crippen molar-refractivity contribution in [3.05, 3.63) is 10.4 Å². The predicted octanol–water partition coefficient (Wildman–Crippen LogP) is 2.34. The van der Waals surface area contributed by atoms with Gasteiger partial charge in [-0.3, -0.25) is 4.79 Å². The van der Waals surface area contributed by atoms with E-state index in [9.17, 15) is 4.79 Å². The fourth-order valence-corrected chi connectivity index (χ4v) is 2.05. The monoisotopic (exact) mass is 210 g/mol. The lowest BCUT2D eigenvalue weighted by Crippen LogP contribution is -2.26. The summed E-state index contributed by atoms with van der Waals surface area (Å²) in [6, 6.07) is 0. The smallest absolute Gasteiger partial charge is 0.222 e. The highest BCUT2D eigenvalue weighted by Gasteiger charge is 2.27. The Morgan fingerprint density at radius 3 is 3.13 bits per heavy atom. The van der Waals surface area contributed by atoms with Crippen LogP contribution < -0.4 is 0 Å². The van der Waals surface area contributed by atoms with Crippen LogP contribution in [0.15, 0.2) is 5.11 Å². The molecule has 0 aromatic rings. The third-order valence-electron chi connectivity index (χ3n) is 2.74. The van der Waals surface area contributed by atoms with Crippen molar-refractivity contribution in [2.24, 2.45) is 11.0 Å². The molecule has 1 amide bonds. The summed E-state index contributed by atoms with van der Waals surface area (Å²) < 4.78 is 0. The zero-order chi connectivity index (χ0) is 11.1. The molecule has 0 aromatic heterocycles. The van der Waals surface area contributed by atoms with Gasteiger partial charge < -0.3 is 4.90 Å². The second-order valence-electron chi connectivity index (χ2n) is 4.01. The maximum Gasteiger partial charge on any atom is 0.222 e. The number of azide groups is 1. The molecule has 0 saturated carbocycles. The molecule has 0 radical (unpaired) electrons. The third kappa shape index (κ3) is 3.80. The SMILES string of the molecule is CCCC1CC(=O)N(CCCN=[N+]=[N-])C1. The maximum atomic E-state index is 11.5. The van der Waals surface area contributed by atoms with Crippen LogP contribution in [0, 0.1) is 5.92 Å². The second-order valence-corrected chi connectivity index (χ2v) is 4.01. The fraction of sp³-hybridized carbons (Fsp3) is 0.900. The summed E-state index contributed by atoms with van der Waals surface area (Å²) in [5.74, 6) is 0.802. The summed E-state index contributed by atoms with van der Waals surface area (Å²) in [7, 11) is 0. The first kappa shape index (κ1) is 11.9. The quantitative estimate of drug-likeness (QED) is 0.287. The molecule has 1 heterocycles. The Hall–Kier alpha value is -1.22. The van der Waals surface area contributed by atoms with Crippen LogP contribution in [0.25, 0.3) is 10.4 Å². The van der Waals surface area contributed by atoms with E-state index in [1.165, 1.54) is 0 Å². The molecule has 1 atom stereocenters. The minimum Gasteiger partial charge on any atom is -0.342 e. The van der Waals surface area contributed by atoms with Crippen molar-refractivity contribution in [3.8, 4) is 0 Å². The van der Waals surface area contributed by atoms with Crippen molar-refractivity contribution in [1.29, 1.82) is 0 Å². The zero-order valence-electron chi connectivity index (χ0n) is 9.22. The normalized spacial score (nSPS) is 20.5. The van der Waals surface area contributed by atoms with E-state index in [0.29, 0.717) is 18.9 Å². The van der Waals surface area contributed by atoms with Crippen molar-refractivity contribution in [1.82, 2.24) is 4.90 Å². The van der Waals surface area contributed by atoms with Crippen LogP contribution in [0.5, 0.6) is 0 Å². The number of hydrogen-bond acceptors (Lipinski definition) is 2. The highest BCUT2D eigenvalue weighted by atomic mass is 16.2. The Bertz CT molecular complexity index is 260. The summed E-state index contributed by atoms with van der Waals surface area (Å²) in [6.07, 6.45) is 3.76. The molecule has 1 rings (SSSR count). The summed E-state index contributed by atoms with van der Waals surface area (Å²) in [5.41, 5.74) is 8.10. The average molecular weight is 210 g/mol. The molecule has 1 saturated heterocycles. The molecule has 1 aliphatic heterocycles. The molecule has 5 heteroatoms. The molecule has 15 heavy (non-hydrogen) atoms. The molecule has 0 aliphatic carbocycles. The molecule has 0 spiro atoms. The Labute approximate surface area is 90.1 Å². The average Bonchev–Trinajstić information content (AvgIpc) is 2.55. The largest absolute Gasteiger partial charge is 0.342 e. The van der Waals surface area contributed by atoms with Gasteiger partial charge in [0, 0.05) is 31.0 Å². The highest BCUT2D eigenvalue weighted by molar-refractivity contribution is 5.78. The van der Waals surface area contributed by atoms with E-state index in [4.69, 9.17) is 5.53 Å². The van der Waals surface area contributed by atoms with E-state index < -0.39 is 0 Å². The van der Waals surface area contributed by atoms with Crippen molar-refractivity contribution in [2.75, 3.05) is 19.6 Å². The van der Waals surface area contributed by atoms with Crippen LogP contribution in [0.4, 0.5) is 0 Å². The van der Waals surface area contributed by atoms with Gasteiger partial charge in [-0.15, -0.1) is 0 Å². The van der Waals surface area contributed by atoms with Crippen LogP contribution in [0.1, 0.15) is 32.6 Å². The molecular formula is C10H18N4O. The van der Waals surface area contributed by atoms with E-state index in [0.717, 1.165) is 32.4 Å². The molecule has 5 nitrogen and oxygen atoms in total. The van der Waals surface area contributed by atoms with E-state index in [1.54, 1.807) is 0 Å². The summed E-state index contributed by atoms with van der Waals surface area (Å²) in [6.45, 7) is 4.26. The van der Waals surface area contributed by atoms with Gasteiger partial charge in [0.1, 0.15) is 0 Å².